The smallest absolute Gasteiger partial charge is 0.311 e. The lowest BCUT2D eigenvalue weighted by molar-refractivity contribution is -0.138. The van der Waals surface area contributed by atoms with E-state index in [4.69, 9.17) is 0 Å². The van der Waals surface area contributed by atoms with Gasteiger partial charge in [0.15, 0.2) is 0 Å². The molecule has 0 aliphatic heterocycles. The third-order valence-corrected chi connectivity index (χ3v) is 3.09. The van der Waals surface area contributed by atoms with E-state index in [-0.39, 0.29) is 12.0 Å². The number of hydrogen-bond acceptors (Lipinski definition) is 2. The van der Waals surface area contributed by atoms with Gasteiger partial charge in [-0.05, 0) is 19.1 Å². The monoisotopic (exact) mass is 262 g/mol. The largest absolute Gasteiger partial charge is 0.481 e. The summed E-state index contributed by atoms with van der Waals surface area (Å²) in [6.45, 7) is 1.84. The predicted molar refractivity (Wildman–Crippen MR) is 68.4 cm³/mol. The number of aliphatic carboxylic acids is 1. The standard InChI is InChI=1S/C14H15FN2O2/c1-9-7-10(17(2)16-9)8-12(14(18)19)11-5-3-4-6-13(11)15/h3-7,12H,8H2,1-2H3,(H,18,19). The van der Waals surface area contributed by atoms with Crippen molar-refractivity contribution in [1.29, 1.82) is 0 Å². The Hall–Kier alpha value is -2.17. The number of aryl methyl sites for hydroxylation is 2. The second-order valence-electron chi connectivity index (χ2n) is 4.52. The Labute approximate surface area is 110 Å². The molecule has 0 spiro atoms. The third kappa shape index (κ3) is 2.81. The van der Waals surface area contributed by atoms with Crippen LogP contribution in [0, 0.1) is 12.7 Å². The van der Waals surface area contributed by atoms with Crippen molar-refractivity contribution in [2.24, 2.45) is 7.05 Å². The molecule has 0 aliphatic carbocycles. The number of hydrogen-bond donors (Lipinski definition) is 1. The minimum atomic E-state index is -1.04. The van der Waals surface area contributed by atoms with E-state index in [2.05, 4.69) is 5.10 Å². The van der Waals surface area contributed by atoms with Crippen LogP contribution >= 0.6 is 0 Å². The number of carbonyl (C=O) groups is 1. The zero-order chi connectivity index (χ0) is 14.0. The maximum Gasteiger partial charge on any atom is 0.311 e. The van der Waals surface area contributed by atoms with Gasteiger partial charge in [-0.15, -0.1) is 0 Å². The highest BCUT2D eigenvalue weighted by Crippen LogP contribution is 2.24. The summed E-state index contributed by atoms with van der Waals surface area (Å²) < 4.78 is 15.4. The Kier molecular flexibility index (Phi) is 3.64. The Morgan fingerprint density at radius 2 is 2.16 bits per heavy atom. The van der Waals surface area contributed by atoms with E-state index in [0.29, 0.717) is 0 Å². The van der Waals surface area contributed by atoms with Crippen LogP contribution in [-0.4, -0.2) is 20.9 Å². The molecule has 0 saturated carbocycles. The van der Waals surface area contributed by atoms with Gasteiger partial charge in [-0.1, -0.05) is 18.2 Å². The fourth-order valence-electron chi connectivity index (χ4n) is 2.15. The van der Waals surface area contributed by atoms with Gasteiger partial charge in [0.2, 0.25) is 0 Å². The van der Waals surface area contributed by atoms with E-state index < -0.39 is 17.7 Å². The summed E-state index contributed by atoms with van der Waals surface area (Å²) in [5.74, 6) is -2.44. The molecular weight excluding hydrogens is 247 g/mol. The average Bonchev–Trinajstić information content (AvgIpc) is 2.65. The highest BCUT2D eigenvalue weighted by molar-refractivity contribution is 5.76. The first-order valence-corrected chi connectivity index (χ1v) is 5.95. The second-order valence-corrected chi connectivity index (χ2v) is 4.52. The van der Waals surface area contributed by atoms with Gasteiger partial charge in [-0.2, -0.15) is 5.10 Å². The zero-order valence-electron chi connectivity index (χ0n) is 10.8. The molecule has 1 N–H and O–H groups in total. The summed E-state index contributed by atoms with van der Waals surface area (Å²) >= 11 is 0. The lowest BCUT2D eigenvalue weighted by atomic mass is 9.94. The molecule has 1 aromatic heterocycles. The number of benzene rings is 1. The minimum absolute atomic E-state index is 0.203. The van der Waals surface area contributed by atoms with E-state index >= 15 is 0 Å². The molecule has 0 fully saturated rings. The van der Waals surface area contributed by atoms with Gasteiger partial charge in [0.25, 0.3) is 0 Å². The number of rotatable bonds is 4. The molecule has 0 aliphatic rings. The molecule has 1 aromatic carbocycles. The van der Waals surface area contributed by atoms with Crippen LogP contribution in [0.3, 0.4) is 0 Å². The van der Waals surface area contributed by atoms with Crippen LogP contribution < -0.4 is 0 Å². The topological polar surface area (TPSA) is 55.1 Å². The van der Waals surface area contributed by atoms with Crippen LogP contribution in [-0.2, 0) is 18.3 Å². The Morgan fingerprint density at radius 3 is 2.68 bits per heavy atom. The molecule has 0 radical (unpaired) electrons. The van der Waals surface area contributed by atoms with Crippen LogP contribution in [0.25, 0.3) is 0 Å². The van der Waals surface area contributed by atoms with Crippen molar-refractivity contribution in [2.45, 2.75) is 19.3 Å². The van der Waals surface area contributed by atoms with Crippen LogP contribution in [0.1, 0.15) is 22.9 Å². The third-order valence-electron chi connectivity index (χ3n) is 3.09. The lowest BCUT2D eigenvalue weighted by Gasteiger charge is -2.13. The molecule has 2 aromatic rings. The highest BCUT2D eigenvalue weighted by Gasteiger charge is 2.24. The van der Waals surface area contributed by atoms with Gasteiger partial charge < -0.3 is 5.11 Å². The molecule has 1 heterocycles. The molecule has 0 saturated heterocycles. The van der Waals surface area contributed by atoms with E-state index in [1.165, 1.54) is 12.1 Å². The predicted octanol–water partition coefficient (Wildman–Crippen LogP) is 2.28. The van der Waals surface area contributed by atoms with Crippen molar-refractivity contribution in [3.8, 4) is 0 Å². The van der Waals surface area contributed by atoms with Crippen molar-refractivity contribution in [1.82, 2.24) is 9.78 Å². The van der Waals surface area contributed by atoms with Crippen molar-refractivity contribution in [2.75, 3.05) is 0 Å². The van der Waals surface area contributed by atoms with E-state index in [9.17, 15) is 14.3 Å². The molecule has 2 rings (SSSR count). The van der Waals surface area contributed by atoms with Gasteiger partial charge in [-0.3, -0.25) is 9.48 Å². The van der Waals surface area contributed by atoms with E-state index in [1.807, 2.05) is 13.0 Å². The van der Waals surface area contributed by atoms with Gasteiger partial charge in [0.05, 0.1) is 11.6 Å². The van der Waals surface area contributed by atoms with E-state index in [1.54, 1.807) is 23.9 Å². The quantitative estimate of drug-likeness (QED) is 0.919. The summed E-state index contributed by atoms with van der Waals surface area (Å²) in [6.07, 6.45) is 0.216. The van der Waals surface area contributed by atoms with Crippen molar-refractivity contribution in [3.63, 3.8) is 0 Å². The Morgan fingerprint density at radius 1 is 1.47 bits per heavy atom. The molecule has 5 heteroatoms. The minimum Gasteiger partial charge on any atom is -0.481 e. The molecule has 1 unspecified atom stereocenters. The molecule has 0 bridgehead atoms. The summed E-state index contributed by atoms with van der Waals surface area (Å²) in [6, 6.07) is 7.79. The molecular formula is C14H15FN2O2. The highest BCUT2D eigenvalue weighted by atomic mass is 19.1. The summed E-state index contributed by atoms with van der Waals surface area (Å²) in [5, 5.41) is 13.5. The van der Waals surface area contributed by atoms with Crippen LogP contribution in [0.4, 0.5) is 4.39 Å². The van der Waals surface area contributed by atoms with E-state index in [0.717, 1.165) is 11.4 Å². The second kappa shape index (κ2) is 5.22. The van der Waals surface area contributed by atoms with Crippen molar-refractivity contribution >= 4 is 5.97 Å². The number of aromatic nitrogens is 2. The van der Waals surface area contributed by atoms with Gasteiger partial charge >= 0.3 is 5.97 Å². The normalized spacial score (nSPS) is 12.4. The SMILES string of the molecule is Cc1cc(CC(C(=O)O)c2ccccc2F)n(C)n1. The summed E-state index contributed by atoms with van der Waals surface area (Å²) in [5.41, 5.74) is 1.79. The lowest BCUT2D eigenvalue weighted by Crippen LogP contribution is -2.17. The Balaban J connectivity index is 2.35. The fourth-order valence-corrected chi connectivity index (χ4v) is 2.15. The fraction of sp³-hybridized carbons (Fsp3) is 0.286. The van der Waals surface area contributed by atoms with Crippen molar-refractivity contribution < 1.29 is 14.3 Å². The maximum absolute atomic E-state index is 13.7. The zero-order valence-corrected chi connectivity index (χ0v) is 10.8. The van der Waals surface area contributed by atoms with Gasteiger partial charge in [-0.25, -0.2) is 4.39 Å². The van der Waals surface area contributed by atoms with Crippen LogP contribution in [0.15, 0.2) is 30.3 Å². The average molecular weight is 262 g/mol. The molecule has 4 nitrogen and oxygen atoms in total. The number of carboxylic acid groups (broad SMARTS) is 1. The molecule has 0 amide bonds. The first-order valence-electron chi connectivity index (χ1n) is 5.95. The first-order chi connectivity index (χ1) is 8.99. The van der Waals surface area contributed by atoms with Crippen LogP contribution in [0.5, 0.6) is 0 Å². The van der Waals surface area contributed by atoms with Crippen LogP contribution in [0.2, 0.25) is 0 Å². The Bertz CT molecular complexity index is 607. The maximum atomic E-state index is 13.7. The summed E-state index contributed by atoms with van der Waals surface area (Å²) in [7, 11) is 1.75. The van der Waals surface area contributed by atoms with Gasteiger partial charge in [0, 0.05) is 24.7 Å². The van der Waals surface area contributed by atoms with Gasteiger partial charge in [0.1, 0.15) is 5.82 Å². The molecule has 1 atom stereocenters. The number of carboxylic acids is 1. The number of nitrogens with zero attached hydrogens (tertiary/aromatic N) is 2. The summed E-state index contributed by atoms with van der Waals surface area (Å²) in [4.78, 5) is 11.4. The molecule has 19 heavy (non-hydrogen) atoms. The van der Waals surface area contributed by atoms with Crippen molar-refractivity contribution in [3.05, 3.63) is 53.1 Å². The first kappa shape index (κ1) is 13.3. The molecule has 100 valence electrons. The number of halogens is 1.